The molecule has 1 heteroatoms. The van der Waals surface area contributed by atoms with Crippen molar-refractivity contribution in [3.63, 3.8) is 0 Å². The normalized spacial score (nSPS) is 39.8. The predicted octanol–water partition coefficient (Wildman–Crippen LogP) is 2.55. The number of hydrogen-bond acceptors (Lipinski definition) is 1. The molecule has 0 amide bonds. The number of nitrogens with two attached hydrogens (primary N) is 1. The molecule has 2 N–H and O–H groups in total. The van der Waals surface area contributed by atoms with Gasteiger partial charge in [-0.3, -0.25) is 0 Å². The van der Waals surface area contributed by atoms with E-state index in [0.717, 1.165) is 5.92 Å². The van der Waals surface area contributed by atoms with Crippen LogP contribution in [0.4, 0.5) is 0 Å². The molecule has 0 aliphatic heterocycles. The average molecular weight is 155 g/mol. The lowest BCUT2D eigenvalue weighted by Gasteiger charge is -2.48. The SMILES string of the molecule is CCC1CCC1(C)CC(C)N. The summed E-state index contributed by atoms with van der Waals surface area (Å²) in [6, 6.07) is 0.384. The molecule has 66 valence electrons. The van der Waals surface area contributed by atoms with Crippen molar-refractivity contribution >= 4 is 0 Å². The summed E-state index contributed by atoms with van der Waals surface area (Å²) >= 11 is 0. The maximum Gasteiger partial charge on any atom is 0.00157 e. The Balaban J connectivity index is 2.40. The quantitative estimate of drug-likeness (QED) is 0.666. The molecule has 1 aliphatic carbocycles. The molecular formula is C10H21N. The van der Waals surface area contributed by atoms with Crippen LogP contribution in [0.2, 0.25) is 0 Å². The van der Waals surface area contributed by atoms with Gasteiger partial charge in [-0.1, -0.05) is 20.3 Å². The Morgan fingerprint density at radius 3 is 2.55 bits per heavy atom. The molecule has 0 heterocycles. The van der Waals surface area contributed by atoms with E-state index in [4.69, 9.17) is 5.73 Å². The van der Waals surface area contributed by atoms with E-state index in [1.807, 2.05) is 0 Å². The van der Waals surface area contributed by atoms with E-state index in [1.54, 1.807) is 0 Å². The summed E-state index contributed by atoms with van der Waals surface area (Å²) < 4.78 is 0. The van der Waals surface area contributed by atoms with Crippen molar-refractivity contribution in [3.8, 4) is 0 Å². The van der Waals surface area contributed by atoms with Gasteiger partial charge in [-0.15, -0.1) is 0 Å². The molecule has 3 atom stereocenters. The van der Waals surface area contributed by atoms with Crippen molar-refractivity contribution in [1.29, 1.82) is 0 Å². The number of rotatable bonds is 3. The topological polar surface area (TPSA) is 26.0 Å². The summed E-state index contributed by atoms with van der Waals surface area (Å²) in [5.74, 6) is 0.952. The van der Waals surface area contributed by atoms with E-state index in [2.05, 4.69) is 20.8 Å². The molecule has 1 aliphatic rings. The highest BCUT2D eigenvalue weighted by molar-refractivity contribution is 4.92. The van der Waals surface area contributed by atoms with Gasteiger partial charge in [0.15, 0.2) is 0 Å². The maximum atomic E-state index is 5.80. The van der Waals surface area contributed by atoms with E-state index in [1.165, 1.54) is 25.7 Å². The smallest absolute Gasteiger partial charge is 0.00157 e. The summed E-state index contributed by atoms with van der Waals surface area (Å²) in [6.45, 7) is 6.81. The highest BCUT2D eigenvalue weighted by Gasteiger charge is 2.41. The van der Waals surface area contributed by atoms with Gasteiger partial charge in [0.25, 0.3) is 0 Å². The van der Waals surface area contributed by atoms with Crippen molar-refractivity contribution < 1.29 is 0 Å². The van der Waals surface area contributed by atoms with Gasteiger partial charge in [-0.25, -0.2) is 0 Å². The van der Waals surface area contributed by atoms with Crippen LogP contribution in [0.5, 0.6) is 0 Å². The van der Waals surface area contributed by atoms with Crippen LogP contribution in [0, 0.1) is 11.3 Å². The van der Waals surface area contributed by atoms with Crippen molar-refractivity contribution in [1.82, 2.24) is 0 Å². The zero-order valence-corrected chi connectivity index (χ0v) is 8.06. The molecule has 0 saturated heterocycles. The van der Waals surface area contributed by atoms with Crippen LogP contribution < -0.4 is 5.73 Å². The minimum Gasteiger partial charge on any atom is -0.328 e. The Hall–Kier alpha value is -0.0400. The summed E-state index contributed by atoms with van der Waals surface area (Å²) in [5.41, 5.74) is 6.39. The molecule has 0 aromatic heterocycles. The van der Waals surface area contributed by atoms with Crippen LogP contribution in [0.3, 0.4) is 0 Å². The Morgan fingerprint density at radius 1 is 1.64 bits per heavy atom. The van der Waals surface area contributed by atoms with E-state index in [0.29, 0.717) is 11.5 Å². The van der Waals surface area contributed by atoms with Crippen molar-refractivity contribution in [2.24, 2.45) is 17.1 Å². The molecule has 0 spiro atoms. The van der Waals surface area contributed by atoms with Crippen LogP contribution in [0.15, 0.2) is 0 Å². The van der Waals surface area contributed by atoms with Crippen molar-refractivity contribution in [2.45, 2.75) is 52.5 Å². The zero-order valence-electron chi connectivity index (χ0n) is 8.06. The molecule has 0 bridgehead atoms. The minimum absolute atomic E-state index is 0.384. The lowest BCUT2D eigenvalue weighted by atomic mass is 9.58. The number of hydrogen-bond donors (Lipinski definition) is 1. The summed E-state index contributed by atoms with van der Waals surface area (Å²) in [7, 11) is 0. The fourth-order valence-corrected chi connectivity index (χ4v) is 2.54. The molecule has 0 aromatic carbocycles. The minimum atomic E-state index is 0.384. The standard InChI is InChI=1S/C10H21N/c1-4-9-5-6-10(9,3)7-8(2)11/h8-9H,4-7,11H2,1-3H3. The highest BCUT2D eigenvalue weighted by atomic mass is 14.6. The molecule has 1 saturated carbocycles. The van der Waals surface area contributed by atoms with Gasteiger partial charge in [0, 0.05) is 6.04 Å². The molecule has 3 unspecified atom stereocenters. The van der Waals surface area contributed by atoms with Crippen molar-refractivity contribution in [3.05, 3.63) is 0 Å². The van der Waals surface area contributed by atoms with Gasteiger partial charge >= 0.3 is 0 Å². The van der Waals surface area contributed by atoms with Crippen LogP contribution in [0.1, 0.15) is 46.5 Å². The summed E-state index contributed by atoms with van der Waals surface area (Å²) in [6.07, 6.45) is 5.38. The Bertz CT molecular complexity index is 129. The highest BCUT2D eigenvalue weighted by Crippen LogP contribution is 2.50. The lowest BCUT2D eigenvalue weighted by molar-refractivity contribution is 0.0323. The molecular weight excluding hydrogens is 134 g/mol. The third-order valence-corrected chi connectivity index (χ3v) is 3.33. The lowest BCUT2D eigenvalue weighted by Crippen LogP contribution is -2.41. The Labute approximate surface area is 70.4 Å². The molecule has 0 radical (unpaired) electrons. The third-order valence-electron chi connectivity index (χ3n) is 3.33. The maximum absolute atomic E-state index is 5.80. The average Bonchev–Trinajstić information content (AvgIpc) is 1.85. The van der Waals surface area contributed by atoms with Gasteiger partial charge in [-0.2, -0.15) is 0 Å². The third kappa shape index (κ3) is 1.76. The molecule has 1 fully saturated rings. The Kier molecular flexibility index (Phi) is 2.58. The largest absolute Gasteiger partial charge is 0.328 e. The molecule has 0 aromatic rings. The second-order valence-corrected chi connectivity index (χ2v) is 4.48. The first-order valence-electron chi connectivity index (χ1n) is 4.84. The second-order valence-electron chi connectivity index (χ2n) is 4.48. The van der Waals surface area contributed by atoms with Gasteiger partial charge in [-0.05, 0) is 37.5 Å². The summed E-state index contributed by atoms with van der Waals surface area (Å²) in [4.78, 5) is 0. The Morgan fingerprint density at radius 2 is 2.27 bits per heavy atom. The van der Waals surface area contributed by atoms with Crippen molar-refractivity contribution in [2.75, 3.05) is 0 Å². The first-order valence-corrected chi connectivity index (χ1v) is 4.84. The van der Waals surface area contributed by atoms with E-state index in [9.17, 15) is 0 Å². The van der Waals surface area contributed by atoms with Gasteiger partial charge < -0.3 is 5.73 Å². The van der Waals surface area contributed by atoms with E-state index < -0.39 is 0 Å². The van der Waals surface area contributed by atoms with Crippen LogP contribution >= 0.6 is 0 Å². The first kappa shape index (κ1) is 9.05. The molecule has 1 nitrogen and oxygen atoms in total. The molecule has 1 rings (SSSR count). The molecule has 11 heavy (non-hydrogen) atoms. The fraction of sp³-hybridized carbons (Fsp3) is 1.00. The monoisotopic (exact) mass is 155 g/mol. The van der Waals surface area contributed by atoms with Gasteiger partial charge in [0.1, 0.15) is 0 Å². The van der Waals surface area contributed by atoms with Crippen LogP contribution in [-0.2, 0) is 0 Å². The van der Waals surface area contributed by atoms with Crippen LogP contribution in [0.25, 0.3) is 0 Å². The van der Waals surface area contributed by atoms with E-state index in [-0.39, 0.29) is 0 Å². The fourth-order valence-electron chi connectivity index (χ4n) is 2.54. The van der Waals surface area contributed by atoms with Gasteiger partial charge in [0.2, 0.25) is 0 Å². The second kappa shape index (κ2) is 3.14. The predicted molar refractivity (Wildman–Crippen MR) is 49.4 cm³/mol. The van der Waals surface area contributed by atoms with Gasteiger partial charge in [0.05, 0.1) is 0 Å². The summed E-state index contributed by atoms with van der Waals surface area (Å²) in [5, 5.41) is 0. The van der Waals surface area contributed by atoms with E-state index >= 15 is 0 Å². The zero-order chi connectivity index (χ0) is 8.48. The first-order chi connectivity index (χ1) is 5.08. The van der Waals surface area contributed by atoms with Crippen LogP contribution in [-0.4, -0.2) is 6.04 Å².